The number of hydrogen-bond acceptors (Lipinski definition) is 7. The zero-order chi connectivity index (χ0) is 12.7. The third kappa shape index (κ3) is 4.70. The van der Waals surface area contributed by atoms with Gasteiger partial charge in [0.15, 0.2) is 0 Å². The minimum atomic E-state index is -0.563. The first-order chi connectivity index (χ1) is 8.13. The van der Waals surface area contributed by atoms with Crippen molar-refractivity contribution in [1.82, 2.24) is 9.97 Å². The van der Waals surface area contributed by atoms with Crippen LogP contribution in [0.5, 0.6) is 0 Å². The second kappa shape index (κ2) is 6.71. The molecule has 1 atom stereocenters. The molecule has 0 saturated carbocycles. The molecule has 0 aliphatic carbocycles. The molecule has 94 valence electrons. The van der Waals surface area contributed by atoms with Crippen LogP contribution in [0.25, 0.3) is 0 Å². The molecule has 0 radical (unpaired) electrons. The Hall–Kier alpha value is -1.80. The maximum absolute atomic E-state index is 10.3. The highest BCUT2D eigenvalue weighted by atomic mass is 16.6. The molecular formula is C9H14N4O4. The van der Waals surface area contributed by atoms with E-state index in [2.05, 4.69) is 15.3 Å². The van der Waals surface area contributed by atoms with E-state index in [1.807, 2.05) is 0 Å². The van der Waals surface area contributed by atoms with E-state index in [0.29, 0.717) is 18.9 Å². The zero-order valence-electron chi connectivity index (χ0n) is 9.37. The molecule has 0 saturated heterocycles. The lowest BCUT2D eigenvalue weighted by atomic mass is 10.3. The summed E-state index contributed by atoms with van der Waals surface area (Å²) in [6.07, 6.45) is 2.18. The molecule has 17 heavy (non-hydrogen) atoms. The van der Waals surface area contributed by atoms with Gasteiger partial charge in [0.1, 0.15) is 12.4 Å². The largest absolute Gasteiger partial charge is 0.391 e. The molecule has 2 N–H and O–H groups in total. The molecule has 1 heterocycles. The highest BCUT2D eigenvalue weighted by molar-refractivity contribution is 5.30. The van der Waals surface area contributed by atoms with E-state index in [0.717, 1.165) is 12.4 Å². The van der Waals surface area contributed by atoms with Crippen LogP contribution in [0.4, 0.5) is 11.6 Å². The summed E-state index contributed by atoms with van der Waals surface area (Å²) in [5.41, 5.74) is -0.157. The van der Waals surface area contributed by atoms with Crippen molar-refractivity contribution in [3.8, 4) is 0 Å². The average molecular weight is 242 g/mol. The van der Waals surface area contributed by atoms with Crippen molar-refractivity contribution in [2.24, 2.45) is 0 Å². The van der Waals surface area contributed by atoms with E-state index in [9.17, 15) is 15.2 Å². The summed E-state index contributed by atoms with van der Waals surface area (Å²) in [7, 11) is 1.51. The van der Waals surface area contributed by atoms with Crippen LogP contribution in [0.2, 0.25) is 0 Å². The molecule has 0 aromatic carbocycles. The summed E-state index contributed by atoms with van der Waals surface area (Å²) in [5, 5.41) is 22.5. The van der Waals surface area contributed by atoms with E-state index >= 15 is 0 Å². The van der Waals surface area contributed by atoms with Crippen LogP contribution in [0.1, 0.15) is 6.42 Å². The van der Waals surface area contributed by atoms with Gasteiger partial charge in [-0.05, 0) is 6.42 Å². The summed E-state index contributed by atoms with van der Waals surface area (Å²) in [5.74, 6) is 0.292. The predicted molar refractivity (Wildman–Crippen MR) is 59.7 cm³/mol. The Morgan fingerprint density at radius 2 is 2.24 bits per heavy atom. The number of nitrogens with zero attached hydrogens (tertiary/aromatic N) is 3. The molecule has 0 spiro atoms. The Kier molecular flexibility index (Phi) is 5.24. The monoisotopic (exact) mass is 242 g/mol. The Labute approximate surface area is 97.8 Å². The van der Waals surface area contributed by atoms with Crippen molar-refractivity contribution < 1.29 is 14.8 Å². The first-order valence-electron chi connectivity index (χ1n) is 5.00. The summed E-state index contributed by atoms with van der Waals surface area (Å²) >= 11 is 0. The number of anilines is 1. The van der Waals surface area contributed by atoms with Crippen LogP contribution in [-0.4, -0.2) is 46.4 Å². The quantitative estimate of drug-likeness (QED) is 0.518. The molecule has 1 aromatic heterocycles. The molecule has 8 nitrogen and oxygen atoms in total. The molecule has 0 aliphatic heterocycles. The lowest BCUT2D eigenvalue weighted by Gasteiger charge is -2.09. The van der Waals surface area contributed by atoms with Gasteiger partial charge < -0.3 is 15.2 Å². The van der Waals surface area contributed by atoms with Crippen molar-refractivity contribution in [3.05, 3.63) is 22.5 Å². The van der Waals surface area contributed by atoms with E-state index in [4.69, 9.17) is 4.74 Å². The summed E-state index contributed by atoms with van der Waals surface area (Å²) in [4.78, 5) is 17.3. The van der Waals surface area contributed by atoms with Gasteiger partial charge in [-0.2, -0.15) is 0 Å². The van der Waals surface area contributed by atoms with Crippen LogP contribution >= 0.6 is 0 Å². The Balaban J connectivity index is 2.34. The maximum atomic E-state index is 10.3. The minimum Gasteiger partial charge on any atom is -0.391 e. The summed E-state index contributed by atoms with van der Waals surface area (Å²) < 4.78 is 4.76. The highest BCUT2D eigenvalue weighted by Crippen LogP contribution is 2.08. The Bertz CT molecular complexity index is 357. The fourth-order valence-electron chi connectivity index (χ4n) is 1.13. The normalized spacial score (nSPS) is 12.1. The van der Waals surface area contributed by atoms with Gasteiger partial charge >= 0.3 is 5.69 Å². The van der Waals surface area contributed by atoms with Crippen LogP contribution in [0.3, 0.4) is 0 Å². The predicted octanol–water partition coefficient (Wildman–Crippen LogP) is 0.194. The average Bonchev–Trinajstić information content (AvgIpc) is 2.30. The molecule has 0 aliphatic rings. The number of nitrogens with one attached hydrogen (secondary N) is 1. The number of aliphatic hydroxyl groups excluding tert-OH is 1. The van der Waals surface area contributed by atoms with Gasteiger partial charge in [-0.15, -0.1) is 0 Å². The highest BCUT2D eigenvalue weighted by Gasteiger charge is 2.07. The van der Waals surface area contributed by atoms with Gasteiger partial charge in [0.05, 0.1) is 17.6 Å². The molecule has 8 heteroatoms. The van der Waals surface area contributed by atoms with Gasteiger partial charge in [-0.3, -0.25) is 10.1 Å². The van der Waals surface area contributed by atoms with Crippen molar-refractivity contribution in [2.45, 2.75) is 12.5 Å². The third-order valence-corrected chi connectivity index (χ3v) is 1.97. The molecule has 1 aromatic rings. The van der Waals surface area contributed by atoms with Crippen LogP contribution in [-0.2, 0) is 4.74 Å². The number of aliphatic hydroxyl groups is 1. The van der Waals surface area contributed by atoms with E-state index in [-0.39, 0.29) is 12.3 Å². The molecule has 0 amide bonds. The molecule has 1 unspecified atom stereocenters. The standard InChI is InChI=1S/C9H14N4O4/c1-17-6-8(14)2-3-10-9-11-4-7(5-12-9)13(15)16/h4-5,8,14H,2-3,6H2,1H3,(H,10,11,12). The lowest BCUT2D eigenvalue weighted by Crippen LogP contribution is -2.18. The van der Waals surface area contributed by atoms with Gasteiger partial charge in [0, 0.05) is 13.7 Å². The molecule has 0 fully saturated rings. The van der Waals surface area contributed by atoms with Gasteiger partial charge in [0.25, 0.3) is 0 Å². The zero-order valence-corrected chi connectivity index (χ0v) is 9.37. The van der Waals surface area contributed by atoms with Crippen molar-refractivity contribution >= 4 is 11.6 Å². The third-order valence-electron chi connectivity index (χ3n) is 1.97. The molecular weight excluding hydrogens is 228 g/mol. The van der Waals surface area contributed by atoms with Crippen LogP contribution < -0.4 is 5.32 Å². The smallest absolute Gasteiger partial charge is 0.305 e. The number of rotatable bonds is 7. The first kappa shape index (κ1) is 13.3. The minimum absolute atomic E-state index is 0.157. The van der Waals surface area contributed by atoms with Crippen molar-refractivity contribution in [3.63, 3.8) is 0 Å². The Morgan fingerprint density at radius 3 is 2.76 bits per heavy atom. The van der Waals surface area contributed by atoms with Gasteiger partial charge in [0.2, 0.25) is 5.95 Å². The van der Waals surface area contributed by atoms with Crippen molar-refractivity contribution in [2.75, 3.05) is 25.6 Å². The van der Waals surface area contributed by atoms with E-state index < -0.39 is 11.0 Å². The Morgan fingerprint density at radius 1 is 1.59 bits per heavy atom. The second-order valence-corrected chi connectivity index (χ2v) is 3.35. The fourth-order valence-corrected chi connectivity index (χ4v) is 1.13. The topological polar surface area (TPSA) is 110 Å². The maximum Gasteiger partial charge on any atom is 0.305 e. The van der Waals surface area contributed by atoms with Gasteiger partial charge in [-0.25, -0.2) is 9.97 Å². The van der Waals surface area contributed by atoms with Gasteiger partial charge in [-0.1, -0.05) is 0 Å². The lowest BCUT2D eigenvalue weighted by molar-refractivity contribution is -0.385. The van der Waals surface area contributed by atoms with Crippen LogP contribution in [0.15, 0.2) is 12.4 Å². The fraction of sp³-hybridized carbons (Fsp3) is 0.556. The van der Waals surface area contributed by atoms with E-state index in [1.165, 1.54) is 7.11 Å². The summed E-state index contributed by atoms with van der Waals surface area (Å²) in [6.45, 7) is 0.727. The summed E-state index contributed by atoms with van der Waals surface area (Å²) in [6, 6.07) is 0. The van der Waals surface area contributed by atoms with Crippen molar-refractivity contribution in [1.29, 1.82) is 0 Å². The van der Waals surface area contributed by atoms with E-state index in [1.54, 1.807) is 0 Å². The number of methoxy groups -OCH3 is 1. The second-order valence-electron chi connectivity index (χ2n) is 3.35. The molecule has 0 bridgehead atoms. The molecule has 1 rings (SSSR count). The number of ether oxygens (including phenoxy) is 1. The first-order valence-corrected chi connectivity index (χ1v) is 5.00. The SMILES string of the molecule is COCC(O)CCNc1ncc([N+](=O)[O-])cn1. The number of nitro groups is 1. The number of aromatic nitrogens is 2. The number of hydrogen-bond donors (Lipinski definition) is 2. The van der Waals surface area contributed by atoms with Crippen LogP contribution in [0, 0.1) is 10.1 Å².